The van der Waals surface area contributed by atoms with Gasteiger partial charge in [-0.2, -0.15) is 0 Å². The Morgan fingerprint density at radius 2 is 2.30 bits per heavy atom. The normalized spacial score (nSPS) is 12.6. The smallest absolute Gasteiger partial charge is 0.217 e. The summed E-state index contributed by atoms with van der Waals surface area (Å²) >= 11 is 0. The third-order valence-corrected chi connectivity index (χ3v) is 1.54. The summed E-state index contributed by atoms with van der Waals surface area (Å²) in [6, 6.07) is 0. The Labute approximate surface area is 61.5 Å². The monoisotopic (exact) mass is 143 g/mol. The van der Waals surface area contributed by atoms with Crippen molar-refractivity contribution in [3.63, 3.8) is 0 Å². The van der Waals surface area contributed by atoms with Gasteiger partial charge >= 0.3 is 5.91 Å². The minimum atomic E-state index is -0.102. The zero-order valence-corrected chi connectivity index (χ0v) is 6.63. The molecule has 10 heavy (non-hydrogen) atoms. The van der Waals surface area contributed by atoms with Gasteiger partial charge in [0, 0.05) is 0 Å². The number of hydrogen-bond donors (Lipinski definition) is 1. The van der Waals surface area contributed by atoms with Gasteiger partial charge in [0.2, 0.25) is 0 Å². The van der Waals surface area contributed by atoms with Crippen LogP contribution in [0.3, 0.4) is 0 Å². The Morgan fingerprint density at radius 3 is 2.60 bits per heavy atom. The van der Waals surface area contributed by atoms with Gasteiger partial charge in [0.15, 0.2) is 6.72 Å². The Bertz CT molecular complexity index is 143. The number of hydrazone groups is 1. The average Bonchev–Trinajstić information content (AvgIpc) is 1.87. The predicted molar refractivity (Wildman–Crippen MR) is 40.6 cm³/mol. The van der Waals surface area contributed by atoms with Crippen LogP contribution in [0.1, 0.15) is 26.7 Å². The van der Waals surface area contributed by atoms with Gasteiger partial charge in [0.1, 0.15) is 0 Å². The Balaban J connectivity index is 3.68. The maximum absolute atomic E-state index is 10.9. The van der Waals surface area contributed by atoms with E-state index in [1.54, 1.807) is 0 Å². The van der Waals surface area contributed by atoms with Crippen molar-refractivity contribution in [2.24, 2.45) is 11.8 Å². The number of nitrogens with two attached hydrogens (primary N) is 1. The van der Waals surface area contributed by atoms with Crippen LogP contribution in [0.25, 0.3) is 0 Å². The Kier molecular flexibility index (Phi) is 3.69. The van der Waals surface area contributed by atoms with Crippen LogP contribution in [0, 0.1) is 5.92 Å². The molecular weight excluding hydrogens is 128 g/mol. The van der Waals surface area contributed by atoms with Crippen LogP contribution in [0.15, 0.2) is 0 Å². The first-order chi connectivity index (χ1) is 4.57. The van der Waals surface area contributed by atoms with Gasteiger partial charge in [-0.1, -0.05) is 25.0 Å². The summed E-state index contributed by atoms with van der Waals surface area (Å²) in [6.45, 7) is 7.35. The van der Waals surface area contributed by atoms with Crippen LogP contribution in [-0.4, -0.2) is 17.3 Å². The fraction of sp³-hybridized carbons (Fsp3) is 0.714. The molecule has 0 aromatic rings. The molecule has 0 aliphatic rings. The van der Waals surface area contributed by atoms with Crippen molar-refractivity contribution in [3.05, 3.63) is 0 Å². The molecule has 0 saturated carbocycles. The van der Waals surface area contributed by atoms with Gasteiger partial charge in [-0.3, -0.25) is 0 Å². The second-order valence-corrected chi connectivity index (χ2v) is 2.58. The number of hydrogen-bond acceptors (Lipinski definition) is 2. The van der Waals surface area contributed by atoms with Crippen molar-refractivity contribution in [1.29, 1.82) is 0 Å². The first-order valence-electron chi connectivity index (χ1n) is 3.46. The molecule has 2 N–H and O–H groups in total. The lowest BCUT2D eigenvalue weighted by Gasteiger charge is -2.01. The molecule has 0 fully saturated rings. The molecule has 0 heterocycles. The highest BCUT2D eigenvalue weighted by atomic mass is 16.2. The van der Waals surface area contributed by atoms with E-state index >= 15 is 0 Å². The van der Waals surface area contributed by atoms with E-state index < -0.39 is 0 Å². The predicted octanol–water partition coefficient (Wildman–Crippen LogP) is 0.536. The van der Waals surface area contributed by atoms with Gasteiger partial charge in [-0.05, 0) is 5.92 Å². The van der Waals surface area contributed by atoms with Crippen molar-refractivity contribution >= 4 is 12.6 Å². The molecule has 3 heteroatoms. The zero-order chi connectivity index (χ0) is 8.15. The molecule has 0 saturated heterocycles. The summed E-state index contributed by atoms with van der Waals surface area (Å²) in [5, 5.41) is 0. The molecule has 3 nitrogen and oxygen atoms in total. The van der Waals surface area contributed by atoms with E-state index in [2.05, 4.69) is 6.72 Å². The standard InChI is InChI=1S/C7H15N2O/c1-4-6(2)5-7(10)9(3)8/h6H,3-5,8H2,1-2H3/q+1. The number of amides is 1. The first-order valence-corrected chi connectivity index (χ1v) is 3.46. The summed E-state index contributed by atoms with van der Waals surface area (Å²) in [5.41, 5.74) is 0. The lowest BCUT2D eigenvalue weighted by atomic mass is 10.1. The van der Waals surface area contributed by atoms with Crippen LogP contribution in [0.4, 0.5) is 0 Å². The van der Waals surface area contributed by atoms with E-state index in [1.807, 2.05) is 13.8 Å². The lowest BCUT2D eigenvalue weighted by Crippen LogP contribution is -2.26. The molecule has 1 unspecified atom stereocenters. The average molecular weight is 143 g/mol. The molecule has 1 atom stereocenters. The number of carbonyl (C=O) groups is 1. The highest BCUT2D eigenvalue weighted by molar-refractivity contribution is 5.68. The van der Waals surface area contributed by atoms with Gasteiger partial charge in [0.25, 0.3) is 0 Å². The number of rotatable bonds is 3. The van der Waals surface area contributed by atoms with Crippen molar-refractivity contribution in [1.82, 2.24) is 0 Å². The molecule has 0 aliphatic carbocycles. The van der Waals surface area contributed by atoms with Crippen LogP contribution >= 0.6 is 0 Å². The van der Waals surface area contributed by atoms with Crippen LogP contribution in [-0.2, 0) is 4.79 Å². The molecule has 0 spiro atoms. The van der Waals surface area contributed by atoms with Crippen molar-refractivity contribution in [2.45, 2.75) is 26.7 Å². The SMILES string of the molecule is C=[N+](N)C(=O)CC(C)CC. The zero-order valence-electron chi connectivity index (χ0n) is 6.63. The maximum Gasteiger partial charge on any atom is 0.414 e. The van der Waals surface area contributed by atoms with E-state index in [9.17, 15) is 4.79 Å². The number of carbonyl (C=O) groups excluding carboxylic acids is 1. The fourth-order valence-electron chi connectivity index (χ4n) is 0.560. The third kappa shape index (κ3) is 3.22. The minimum absolute atomic E-state index is 0.102. The van der Waals surface area contributed by atoms with Crippen LogP contribution < -0.4 is 5.84 Å². The second-order valence-electron chi connectivity index (χ2n) is 2.58. The molecule has 0 rings (SSSR count). The van der Waals surface area contributed by atoms with Gasteiger partial charge in [-0.25, -0.2) is 10.6 Å². The number of hydrazine groups is 1. The van der Waals surface area contributed by atoms with E-state index in [0.717, 1.165) is 11.1 Å². The first kappa shape index (κ1) is 9.14. The minimum Gasteiger partial charge on any atom is -0.217 e. The summed E-state index contributed by atoms with van der Waals surface area (Å²) in [4.78, 5) is 10.9. The summed E-state index contributed by atoms with van der Waals surface area (Å²) in [5.74, 6) is 5.41. The quantitative estimate of drug-likeness (QED) is 0.206. The highest BCUT2D eigenvalue weighted by Gasteiger charge is 2.14. The van der Waals surface area contributed by atoms with E-state index in [1.165, 1.54) is 0 Å². The molecule has 0 radical (unpaired) electrons. The van der Waals surface area contributed by atoms with Gasteiger partial charge in [-0.15, -0.1) is 0 Å². The van der Waals surface area contributed by atoms with Crippen molar-refractivity contribution in [3.8, 4) is 0 Å². The van der Waals surface area contributed by atoms with E-state index in [-0.39, 0.29) is 5.91 Å². The number of nitrogens with zero attached hydrogens (tertiary/aromatic N) is 1. The molecule has 1 amide bonds. The van der Waals surface area contributed by atoms with Gasteiger partial charge < -0.3 is 0 Å². The molecule has 0 aromatic carbocycles. The third-order valence-electron chi connectivity index (χ3n) is 1.54. The van der Waals surface area contributed by atoms with Crippen molar-refractivity contribution in [2.75, 3.05) is 0 Å². The lowest BCUT2D eigenvalue weighted by molar-refractivity contribution is -0.452. The molecule has 58 valence electrons. The molecule has 0 aliphatic heterocycles. The van der Waals surface area contributed by atoms with Gasteiger partial charge in [0.05, 0.1) is 6.42 Å². The largest absolute Gasteiger partial charge is 0.414 e. The van der Waals surface area contributed by atoms with Crippen LogP contribution in [0.2, 0.25) is 0 Å². The van der Waals surface area contributed by atoms with Crippen molar-refractivity contribution < 1.29 is 9.48 Å². The molecule has 0 aromatic heterocycles. The van der Waals surface area contributed by atoms with Crippen LogP contribution in [0.5, 0.6) is 0 Å². The Hall–Kier alpha value is -0.860. The molecule has 0 bridgehead atoms. The summed E-state index contributed by atoms with van der Waals surface area (Å²) in [6.07, 6.45) is 1.50. The van der Waals surface area contributed by atoms with E-state index in [0.29, 0.717) is 12.3 Å². The fourth-order valence-corrected chi connectivity index (χ4v) is 0.560. The highest BCUT2D eigenvalue weighted by Crippen LogP contribution is 2.05. The summed E-state index contributed by atoms with van der Waals surface area (Å²) < 4.78 is 0.895. The second kappa shape index (κ2) is 4.04. The molecular formula is C7H15N2O+. The topological polar surface area (TPSA) is 46.1 Å². The summed E-state index contributed by atoms with van der Waals surface area (Å²) in [7, 11) is 0. The Morgan fingerprint density at radius 1 is 1.80 bits per heavy atom. The maximum atomic E-state index is 10.9. The van der Waals surface area contributed by atoms with E-state index in [4.69, 9.17) is 5.84 Å².